The van der Waals surface area contributed by atoms with Crippen LogP contribution < -0.4 is 5.73 Å². The van der Waals surface area contributed by atoms with E-state index in [0.717, 1.165) is 6.26 Å². The number of aliphatic carboxylic acids is 1. The summed E-state index contributed by atoms with van der Waals surface area (Å²) in [5.41, 5.74) is 7.27. The molecule has 7 nitrogen and oxygen atoms in total. The van der Waals surface area contributed by atoms with Gasteiger partial charge in [0.1, 0.15) is 11.4 Å². The van der Waals surface area contributed by atoms with E-state index in [0.29, 0.717) is 28.2 Å². The van der Waals surface area contributed by atoms with Crippen LogP contribution in [0.5, 0.6) is 0 Å². The number of halogens is 1. The van der Waals surface area contributed by atoms with Gasteiger partial charge in [-0.3, -0.25) is 0 Å². The molecule has 0 saturated heterocycles. The molecule has 1 aromatic heterocycles. The molecule has 3 aromatic rings. The van der Waals surface area contributed by atoms with Gasteiger partial charge in [0.25, 0.3) is 0 Å². The van der Waals surface area contributed by atoms with E-state index in [1.807, 2.05) is 0 Å². The molecule has 0 fully saturated rings. The van der Waals surface area contributed by atoms with Crippen LogP contribution in [0.3, 0.4) is 0 Å². The van der Waals surface area contributed by atoms with Crippen molar-refractivity contribution < 1.29 is 27.8 Å². The fourth-order valence-corrected chi connectivity index (χ4v) is 4.41. The Kier molecular flexibility index (Phi) is 6.54. The number of sulfone groups is 1. The number of benzene rings is 2. The van der Waals surface area contributed by atoms with E-state index in [-0.39, 0.29) is 24.3 Å². The first-order chi connectivity index (χ1) is 15.0. The Morgan fingerprint density at radius 1 is 1.12 bits per heavy atom. The van der Waals surface area contributed by atoms with Crippen LogP contribution in [0.15, 0.2) is 59.5 Å². The molecule has 0 aliphatic heterocycles. The van der Waals surface area contributed by atoms with Crippen molar-refractivity contribution in [2.24, 2.45) is 5.73 Å². The van der Waals surface area contributed by atoms with Crippen molar-refractivity contribution in [3.05, 3.63) is 71.7 Å². The van der Waals surface area contributed by atoms with Gasteiger partial charge in [-0.05, 0) is 67.8 Å². The number of nitrogens with zero attached hydrogens (tertiary/aromatic N) is 1. The largest absolute Gasteiger partial charge is 0.480 e. The molecule has 0 radical (unpaired) electrons. The van der Waals surface area contributed by atoms with Crippen molar-refractivity contribution >= 4 is 15.8 Å². The van der Waals surface area contributed by atoms with E-state index in [1.165, 1.54) is 24.3 Å². The van der Waals surface area contributed by atoms with Crippen LogP contribution in [-0.2, 0) is 20.2 Å². The number of rotatable bonds is 8. The molecule has 4 N–H and O–H groups in total. The minimum Gasteiger partial charge on any atom is -0.480 e. The molecule has 0 aliphatic carbocycles. The molecular weight excluding hydrogens is 435 g/mol. The van der Waals surface area contributed by atoms with Crippen molar-refractivity contribution in [1.82, 2.24) is 4.57 Å². The van der Waals surface area contributed by atoms with E-state index >= 15 is 0 Å². The minimum absolute atomic E-state index is 0.0135. The normalized spacial score (nSPS) is 13.7. The topological polar surface area (TPSA) is 123 Å². The zero-order valence-electron chi connectivity index (χ0n) is 17.7. The number of hydrogen-bond donors (Lipinski definition) is 3. The lowest BCUT2D eigenvalue weighted by atomic mass is 9.86. The predicted molar refractivity (Wildman–Crippen MR) is 119 cm³/mol. The lowest BCUT2D eigenvalue weighted by molar-refractivity contribution is -0.144. The SMILES string of the molecule is Cc1c([C@](N)(CCCO)C(=O)O)cc(-c2ccc(S(C)(=O)=O)cc2)n1-c1ccc(F)cc1. The Labute approximate surface area is 185 Å². The van der Waals surface area contributed by atoms with Crippen LogP contribution in [0.25, 0.3) is 16.9 Å². The highest BCUT2D eigenvalue weighted by Gasteiger charge is 2.39. The quantitative estimate of drug-likeness (QED) is 0.475. The van der Waals surface area contributed by atoms with E-state index in [2.05, 4.69) is 0 Å². The number of aliphatic hydroxyl groups is 1. The van der Waals surface area contributed by atoms with Gasteiger partial charge in [-0.25, -0.2) is 17.6 Å². The first kappa shape index (κ1) is 23.6. The molecule has 32 heavy (non-hydrogen) atoms. The van der Waals surface area contributed by atoms with Gasteiger partial charge < -0.3 is 20.5 Å². The maximum Gasteiger partial charge on any atom is 0.328 e. The second-order valence-corrected chi connectivity index (χ2v) is 9.76. The maximum absolute atomic E-state index is 13.5. The molecule has 2 aromatic carbocycles. The summed E-state index contributed by atoms with van der Waals surface area (Å²) in [6.45, 7) is 1.51. The summed E-state index contributed by atoms with van der Waals surface area (Å²) in [7, 11) is -3.39. The van der Waals surface area contributed by atoms with Gasteiger partial charge in [0.2, 0.25) is 0 Å². The number of carboxylic acids is 1. The summed E-state index contributed by atoms with van der Waals surface area (Å²) in [6.07, 6.45) is 1.32. The van der Waals surface area contributed by atoms with Gasteiger partial charge in [-0.2, -0.15) is 0 Å². The highest BCUT2D eigenvalue weighted by Crippen LogP contribution is 2.36. The molecular formula is C23H25FN2O5S. The zero-order valence-corrected chi connectivity index (χ0v) is 18.6. The fourth-order valence-electron chi connectivity index (χ4n) is 3.78. The number of carboxylic acid groups (broad SMARTS) is 1. The van der Waals surface area contributed by atoms with Crippen molar-refractivity contribution in [2.75, 3.05) is 12.9 Å². The van der Waals surface area contributed by atoms with Gasteiger partial charge in [0, 0.05) is 29.8 Å². The number of hydrogen-bond acceptors (Lipinski definition) is 5. The van der Waals surface area contributed by atoms with Gasteiger partial charge >= 0.3 is 5.97 Å². The standard InChI is InChI=1S/C23H25FN2O5S/c1-15-20(23(25,22(28)29)12-3-13-27)14-21(26(15)18-8-6-17(24)7-9-18)16-4-10-19(11-5-16)32(2,30)31/h4-11,14,27H,3,12-13,25H2,1-2H3,(H,28,29)/t23-/m1/s1. The average molecular weight is 461 g/mol. The van der Waals surface area contributed by atoms with Crippen LogP contribution in [0.4, 0.5) is 4.39 Å². The minimum atomic E-state index is -3.39. The van der Waals surface area contributed by atoms with Crippen LogP contribution in [0.2, 0.25) is 0 Å². The Hall–Kier alpha value is -3.01. The first-order valence-electron chi connectivity index (χ1n) is 9.91. The summed E-state index contributed by atoms with van der Waals surface area (Å²) in [5, 5.41) is 19.1. The van der Waals surface area contributed by atoms with Crippen molar-refractivity contribution in [1.29, 1.82) is 0 Å². The average Bonchev–Trinajstić information content (AvgIpc) is 3.09. The van der Waals surface area contributed by atoms with Gasteiger partial charge in [-0.1, -0.05) is 12.1 Å². The Bertz CT molecular complexity index is 1230. The van der Waals surface area contributed by atoms with Crippen LogP contribution in [-0.4, -0.2) is 42.0 Å². The summed E-state index contributed by atoms with van der Waals surface area (Å²) in [5.74, 6) is -1.65. The van der Waals surface area contributed by atoms with E-state index in [4.69, 9.17) is 5.73 Å². The van der Waals surface area contributed by atoms with Gasteiger partial charge in [0.05, 0.1) is 10.6 Å². The number of carbonyl (C=O) groups is 1. The monoisotopic (exact) mass is 460 g/mol. The Balaban J connectivity index is 2.27. The van der Waals surface area contributed by atoms with Crippen LogP contribution >= 0.6 is 0 Å². The molecule has 0 saturated carbocycles. The predicted octanol–water partition coefficient (Wildman–Crippen LogP) is 3.01. The first-order valence-corrected chi connectivity index (χ1v) is 11.8. The van der Waals surface area contributed by atoms with Crippen molar-refractivity contribution in [3.63, 3.8) is 0 Å². The fraction of sp³-hybridized carbons (Fsp3) is 0.261. The summed E-state index contributed by atoms with van der Waals surface area (Å²) in [6, 6.07) is 13.6. The molecule has 0 aliphatic rings. The third kappa shape index (κ3) is 4.45. The third-order valence-corrected chi connectivity index (χ3v) is 6.63. The van der Waals surface area contributed by atoms with E-state index in [9.17, 15) is 27.8 Å². The number of aromatic nitrogens is 1. The maximum atomic E-state index is 13.5. The lowest BCUT2D eigenvalue weighted by Crippen LogP contribution is -2.45. The van der Waals surface area contributed by atoms with Crippen molar-refractivity contribution in [3.8, 4) is 16.9 Å². The van der Waals surface area contributed by atoms with E-state index < -0.39 is 27.2 Å². The van der Waals surface area contributed by atoms with Crippen molar-refractivity contribution in [2.45, 2.75) is 30.2 Å². The second kappa shape index (κ2) is 8.85. The Morgan fingerprint density at radius 3 is 2.22 bits per heavy atom. The highest BCUT2D eigenvalue weighted by atomic mass is 32.2. The van der Waals surface area contributed by atoms with Crippen LogP contribution in [0, 0.1) is 12.7 Å². The highest BCUT2D eigenvalue weighted by molar-refractivity contribution is 7.90. The molecule has 1 heterocycles. The third-order valence-electron chi connectivity index (χ3n) is 5.50. The lowest BCUT2D eigenvalue weighted by Gasteiger charge is -2.25. The zero-order chi connectivity index (χ0) is 23.7. The summed E-state index contributed by atoms with van der Waals surface area (Å²) < 4.78 is 38.9. The summed E-state index contributed by atoms with van der Waals surface area (Å²) >= 11 is 0. The molecule has 170 valence electrons. The van der Waals surface area contributed by atoms with E-state index in [1.54, 1.807) is 41.8 Å². The molecule has 1 atom stereocenters. The summed E-state index contributed by atoms with van der Waals surface area (Å²) in [4.78, 5) is 12.3. The van der Waals surface area contributed by atoms with Gasteiger partial charge in [-0.15, -0.1) is 0 Å². The Morgan fingerprint density at radius 2 is 1.72 bits per heavy atom. The number of nitrogens with two attached hydrogens (primary N) is 1. The van der Waals surface area contributed by atoms with Gasteiger partial charge in [0.15, 0.2) is 9.84 Å². The molecule has 0 spiro atoms. The molecule has 3 rings (SSSR count). The second-order valence-electron chi connectivity index (χ2n) is 7.74. The molecule has 0 unspecified atom stereocenters. The molecule has 0 bridgehead atoms. The molecule has 0 amide bonds. The number of aliphatic hydroxyl groups excluding tert-OH is 1. The van der Waals surface area contributed by atoms with Crippen LogP contribution in [0.1, 0.15) is 24.1 Å². The molecule has 9 heteroatoms. The smallest absolute Gasteiger partial charge is 0.328 e.